The monoisotopic (exact) mass is 550 g/mol. The summed E-state index contributed by atoms with van der Waals surface area (Å²) < 4.78 is 15.2. The highest BCUT2D eigenvalue weighted by Gasteiger charge is 2.39. The van der Waals surface area contributed by atoms with Crippen molar-refractivity contribution in [2.75, 3.05) is 49.5 Å². The van der Waals surface area contributed by atoms with Crippen molar-refractivity contribution in [2.24, 2.45) is 5.73 Å². The quantitative estimate of drug-likeness (QED) is 0.482. The van der Waals surface area contributed by atoms with Crippen molar-refractivity contribution >= 4 is 29.3 Å². The van der Waals surface area contributed by atoms with Crippen LogP contribution < -0.4 is 21.3 Å². The highest BCUT2D eigenvalue weighted by atomic mass is 19.1. The van der Waals surface area contributed by atoms with Crippen LogP contribution in [-0.2, 0) is 0 Å². The molecule has 1 unspecified atom stereocenters. The van der Waals surface area contributed by atoms with Crippen molar-refractivity contribution in [2.45, 2.75) is 69.4 Å². The van der Waals surface area contributed by atoms with E-state index in [1.54, 1.807) is 18.3 Å². The number of rotatable bonds is 7. The fourth-order valence-electron chi connectivity index (χ4n) is 6.85. The van der Waals surface area contributed by atoms with Gasteiger partial charge in [0.15, 0.2) is 11.5 Å². The number of piperidine rings is 2. The van der Waals surface area contributed by atoms with Crippen LogP contribution in [0.25, 0.3) is 0 Å². The Morgan fingerprint density at radius 3 is 2.45 bits per heavy atom. The molecule has 10 nitrogen and oxygen atoms in total. The topological polar surface area (TPSA) is 120 Å². The molecule has 3 saturated heterocycles. The summed E-state index contributed by atoms with van der Waals surface area (Å²) in [5.41, 5.74) is 6.75. The van der Waals surface area contributed by atoms with Crippen molar-refractivity contribution in [1.29, 1.82) is 0 Å². The Morgan fingerprint density at radius 1 is 1.00 bits per heavy atom. The lowest BCUT2D eigenvalue weighted by Gasteiger charge is -2.38. The second-order valence-electron chi connectivity index (χ2n) is 11.5. The Bertz CT molecular complexity index is 1250. The SMILES string of the molecule is NC(=O)c1ncc(N2CCCC(N3CCN(C4CCCC4)C3=O)C2)nc1Nc1ccc(C2CCNCC2)cc1F. The van der Waals surface area contributed by atoms with E-state index in [0.29, 0.717) is 24.3 Å². The molecule has 4 aliphatic rings. The lowest BCUT2D eigenvalue weighted by Crippen LogP contribution is -2.50. The molecule has 1 atom stereocenters. The minimum Gasteiger partial charge on any atom is -0.364 e. The maximum Gasteiger partial charge on any atom is 0.320 e. The van der Waals surface area contributed by atoms with E-state index in [1.807, 2.05) is 11.0 Å². The summed E-state index contributed by atoms with van der Waals surface area (Å²) in [5, 5.41) is 6.32. The fraction of sp³-hybridized carbons (Fsp3) is 0.586. The van der Waals surface area contributed by atoms with Gasteiger partial charge in [-0.1, -0.05) is 18.9 Å². The number of halogens is 1. The van der Waals surface area contributed by atoms with Gasteiger partial charge in [-0.25, -0.2) is 19.2 Å². The third kappa shape index (κ3) is 5.43. The Kier molecular flexibility index (Phi) is 7.73. The number of aromatic nitrogens is 2. The number of carbonyl (C=O) groups is 2. The van der Waals surface area contributed by atoms with Crippen LogP contribution >= 0.6 is 0 Å². The van der Waals surface area contributed by atoms with Gasteiger partial charge in [-0.2, -0.15) is 0 Å². The Balaban J connectivity index is 1.18. The van der Waals surface area contributed by atoms with Gasteiger partial charge >= 0.3 is 6.03 Å². The van der Waals surface area contributed by atoms with E-state index in [9.17, 15) is 9.59 Å². The molecular formula is C29H39FN8O2. The summed E-state index contributed by atoms with van der Waals surface area (Å²) in [7, 11) is 0. The summed E-state index contributed by atoms with van der Waals surface area (Å²) in [6.45, 7) is 4.79. The second-order valence-corrected chi connectivity index (χ2v) is 11.5. The Labute approximate surface area is 234 Å². The molecule has 4 heterocycles. The zero-order valence-corrected chi connectivity index (χ0v) is 22.9. The molecule has 1 saturated carbocycles. The molecule has 1 aromatic heterocycles. The van der Waals surface area contributed by atoms with E-state index in [1.165, 1.54) is 12.8 Å². The summed E-state index contributed by atoms with van der Waals surface area (Å²) in [6.07, 6.45) is 9.96. The molecule has 40 heavy (non-hydrogen) atoms. The molecule has 0 bridgehead atoms. The van der Waals surface area contributed by atoms with E-state index in [-0.39, 0.29) is 29.3 Å². The molecule has 3 amide bonds. The van der Waals surface area contributed by atoms with Crippen LogP contribution in [0, 0.1) is 5.82 Å². The second kappa shape index (κ2) is 11.6. The molecule has 0 spiro atoms. The first-order valence-corrected chi connectivity index (χ1v) is 14.7. The van der Waals surface area contributed by atoms with Crippen LogP contribution in [0.5, 0.6) is 0 Å². The smallest absolute Gasteiger partial charge is 0.320 e. The van der Waals surface area contributed by atoms with Gasteiger partial charge in [0.1, 0.15) is 11.6 Å². The number of anilines is 3. The van der Waals surface area contributed by atoms with Gasteiger partial charge in [0.2, 0.25) is 0 Å². The average molecular weight is 551 g/mol. The molecule has 1 aliphatic carbocycles. The lowest BCUT2D eigenvalue weighted by molar-refractivity contribution is 0.0996. The van der Waals surface area contributed by atoms with Gasteiger partial charge in [-0.15, -0.1) is 0 Å². The molecule has 4 N–H and O–H groups in total. The molecular weight excluding hydrogens is 511 g/mol. The number of urea groups is 1. The number of amides is 3. The highest BCUT2D eigenvalue weighted by Crippen LogP contribution is 2.32. The normalized spacial score (nSPS) is 22.8. The molecule has 4 fully saturated rings. The number of benzene rings is 1. The predicted molar refractivity (Wildman–Crippen MR) is 151 cm³/mol. The van der Waals surface area contributed by atoms with Crippen molar-refractivity contribution in [3.8, 4) is 0 Å². The Hall–Kier alpha value is -3.47. The number of primary amides is 1. The van der Waals surface area contributed by atoms with Crippen molar-refractivity contribution in [1.82, 2.24) is 25.1 Å². The summed E-state index contributed by atoms with van der Waals surface area (Å²) >= 11 is 0. The van der Waals surface area contributed by atoms with E-state index in [4.69, 9.17) is 5.73 Å². The minimum atomic E-state index is -0.737. The number of nitrogens with two attached hydrogens (primary N) is 1. The van der Waals surface area contributed by atoms with E-state index in [2.05, 4.69) is 30.4 Å². The number of hydrogen-bond acceptors (Lipinski definition) is 7. The van der Waals surface area contributed by atoms with Crippen LogP contribution in [0.4, 0.5) is 26.5 Å². The fourth-order valence-corrected chi connectivity index (χ4v) is 6.85. The van der Waals surface area contributed by atoms with Crippen LogP contribution in [0.15, 0.2) is 24.4 Å². The van der Waals surface area contributed by atoms with Gasteiger partial charge in [-0.3, -0.25) is 4.79 Å². The molecule has 11 heteroatoms. The van der Waals surface area contributed by atoms with Crippen molar-refractivity contribution in [3.05, 3.63) is 41.5 Å². The number of nitrogens with zero attached hydrogens (tertiary/aromatic N) is 5. The van der Waals surface area contributed by atoms with Crippen LogP contribution in [0.3, 0.4) is 0 Å². The van der Waals surface area contributed by atoms with Crippen LogP contribution in [0.2, 0.25) is 0 Å². The molecule has 214 valence electrons. The van der Waals surface area contributed by atoms with Gasteiger partial charge in [0, 0.05) is 32.2 Å². The summed E-state index contributed by atoms with van der Waals surface area (Å²) in [4.78, 5) is 40.6. The molecule has 2 aromatic rings. The first-order chi connectivity index (χ1) is 19.5. The van der Waals surface area contributed by atoms with E-state index < -0.39 is 11.7 Å². The van der Waals surface area contributed by atoms with Gasteiger partial charge in [-0.05, 0) is 75.2 Å². The lowest BCUT2D eigenvalue weighted by atomic mass is 9.90. The maximum absolute atomic E-state index is 15.2. The number of hydrogen-bond donors (Lipinski definition) is 3. The first kappa shape index (κ1) is 26.7. The van der Waals surface area contributed by atoms with Gasteiger partial charge < -0.3 is 31.1 Å². The zero-order valence-electron chi connectivity index (χ0n) is 22.9. The first-order valence-electron chi connectivity index (χ1n) is 14.7. The van der Waals surface area contributed by atoms with Crippen molar-refractivity contribution < 1.29 is 14.0 Å². The predicted octanol–water partition coefficient (Wildman–Crippen LogP) is 3.57. The zero-order chi connectivity index (χ0) is 27.6. The summed E-state index contributed by atoms with van der Waals surface area (Å²) in [6, 6.07) is 5.81. The van der Waals surface area contributed by atoms with E-state index in [0.717, 1.165) is 76.8 Å². The maximum atomic E-state index is 15.2. The van der Waals surface area contributed by atoms with Crippen molar-refractivity contribution in [3.63, 3.8) is 0 Å². The summed E-state index contributed by atoms with van der Waals surface area (Å²) in [5.74, 6) is -0.113. The standard InChI is InChI=1S/C29H39FN8O2/c30-23-16-20(19-9-11-32-12-10-19)7-8-24(23)34-28-26(27(31)39)33-17-25(35-28)36-13-3-6-22(18-36)38-15-14-37(29(38)40)21-4-1-2-5-21/h7-8,16-17,19,21-22,32H,1-6,9-15,18H2,(H2,31,39)(H,34,35). The van der Waals surface area contributed by atoms with E-state index >= 15 is 4.39 Å². The molecule has 1 aromatic carbocycles. The van der Waals surface area contributed by atoms with Crippen LogP contribution in [-0.4, -0.2) is 83.1 Å². The Morgan fingerprint density at radius 2 is 1.73 bits per heavy atom. The largest absolute Gasteiger partial charge is 0.364 e. The molecule has 6 rings (SSSR count). The average Bonchev–Trinajstić information content (AvgIpc) is 3.64. The third-order valence-electron chi connectivity index (χ3n) is 9.05. The van der Waals surface area contributed by atoms with Gasteiger partial charge in [0.05, 0.1) is 17.9 Å². The highest BCUT2D eigenvalue weighted by molar-refractivity contribution is 5.96. The van der Waals surface area contributed by atoms with Gasteiger partial charge in [0.25, 0.3) is 5.91 Å². The molecule has 0 radical (unpaired) electrons. The van der Waals surface area contributed by atoms with Crippen LogP contribution in [0.1, 0.15) is 73.3 Å². The third-order valence-corrected chi connectivity index (χ3v) is 9.05. The minimum absolute atomic E-state index is 0.0407. The number of carbonyl (C=O) groups excluding carboxylic acids is 2. The number of nitrogens with one attached hydrogen (secondary N) is 2. The molecule has 3 aliphatic heterocycles.